The number of benzene rings is 1. The van der Waals surface area contributed by atoms with E-state index in [1.807, 2.05) is 12.1 Å². The van der Waals surface area contributed by atoms with Crippen LogP contribution in [0.15, 0.2) is 12.1 Å². The first-order valence-corrected chi connectivity index (χ1v) is 11.5. The number of rotatable bonds is 8. The molecule has 0 radical (unpaired) electrons. The van der Waals surface area contributed by atoms with E-state index in [1.165, 1.54) is 37.2 Å². The lowest BCUT2D eigenvalue weighted by molar-refractivity contribution is 0.192. The van der Waals surface area contributed by atoms with Gasteiger partial charge in [-0.05, 0) is 76.1 Å². The summed E-state index contributed by atoms with van der Waals surface area (Å²) in [7, 11) is 1.69. The summed E-state index contributed by atoms with van der Waals surface area (Å²) in [4.78, 5) is 7.46. The van der Waals surface area contributed by atoms with Crippen LogP contribution in [0.4, 0.5) is 10.1 Å². The first kappa shape index (κ1) is 19.9. The Labute approximate surface area is 177 Å². The Hall–Kier alpha value is -2.08. The minimum atomic E-state index is -0.668. The van der Waals surface area contributed by atoms with Gasteiger partial charge in [0, 0.05) is 35.4 Å². The number of ether oxygens (including phenoxy) is 2. The van der Waals surface area contributed by atoms with Crippen LogP contribution in [-0.4, -0.2) is 55.4 Å². The number of nitrogens with one attached hydrogen (secondary N) is 1. The van der Waals surface area contributed by atoms with Crippen LogP contribution < -0.4 is 14.8 Å². The average molecular weight is 414 g/mol. The van der Waals surface area contributed by atoms with E-state index in [0.717, 1.165) is 60.3 Å². The summed E-state index contributed by atoms with van der Waals surface area (Å²) in [6.45, 7) is 4.20. The van der Waals surface area contributed by atoms with E-state index >= 15 is 0 Å². The highest BCUT2D eigenvalue weighted by atomic mass is 19.1. The second-order valence-electron chi connectivity index (χ2n) is 8.95. The van der Waals surface area contributed by atoms with E-state index < -0.39 is 6.17 Å². The molecule has 1 aromatic heterocycles. The maximum absolute atomic E-state index is 13.4. The number of halogens is 1. The number of pyridine rings is 1. The Bertz CT molecular complexity index is 907. The maximum Gasteiger partial charge on any atom is 0.163 e. The lowest BCUT2D eigenvalue weighted by atomic mass is 9.90. The SMILES string of the molecule is COc1cc2c(NC3CC(F)C3)c3c(nc2cc1OCCCN1CCCC1)CCC3. The van der Waals surface area contributed by atoms with Crippen molar-refractivity contribution in [3.8, 4) is 11.5 Å². The number of fused-ring (bicyclic) bond motifs is 2. The molecule has 1 aromatic carbocycles. The molecule has 1 saturated carbocycles. The first-order valence-electron chi connectivity index (χ1n) is 11.5. The third kappa shape index (κ3) is 3.94. The molecular weight excluding hydrogens is 381 g/mol. The summed E-state index contributed by atoms with van der Waals surface area (Å²) in [5.41, 5.74) is 4.53. The fourth-order valence-corrected chi connectivity index (χ4v) is 5.05. The molecule has 2 fully saturated rings. The van der Waals surface area contributed by atoms with E-state index in [2.05, 4.69) is 10.2 Å². The Morgan fingerprint density at radius 1 is 1.13 bits per heavy atom. The van der Waals surface area contributed by atoms with Crippen LogP contribution in [-0.2, 0) is 12.8 Å². The lowest BCUT2D eigenvalue weighted by Crippen LogP contribution is -2.37. The molecule has 2 aliphatic carbocycles. The zero-order chi connectivity index (χ0) is 20.5. The van der Waals surface area contributed by atoms with Gasteiger partial charge in [0.05, 0.1) is 19.2 Å². The molecule has 5 rings (SSSR count). The van der Waals surface area contributed by atoms with Gasteiger partial charge in [-0.3, -0.25) is 4.98 Å². The van der Waals surface area contributed by atoms with Gasteiger partial charge >= 0.3 is 0 Å². The zero-order valence-electron chi connectivity index (χ0n) is 17.9. The molecule has 1 aliphatic heterocycles. The number of aryl methyl sites for hydroxylation is 1. The van der Waals surface area contributed by atoms with Crippen LogP contribution in [0.3, 0.4) is 0 Å². The van der Waals surface area contributed by atoms with E-state index in [9.17, 15) is 4.39 Å². The second-order valence-corrected chi connectivity index (χ2v) is 8.95. The lowest BCUT2D eigenvalue weighted by Gasteiger charge is -2.32. The van der Waals surface area contributed by atoms with Crippen LogP contribution >= 0.6 is 0 Å². The smallest absolute Gasteiger partial charge is 0.163 e. The van der Waals surface area contributed by atoms with Crippen LogP contribution in [0.25, 0.3) is 10.9 Å². The van der Waals surface area contributed by atoms with Crippen molar-refractivity contribution in [2.45, 2.75) is 63.6 Å². The van der Waals surface area contributed by atoms with Crippen molar-refractivity contribution >= 4 is 16.6 Å². The van der Waals surface area contributed by atoms with Gasteiger partial charge in [0.15, 0.2) is 11.5 Å². The molecule has 2 heterocycles. The average Bonchev–Trinajstić information content (AvgIpc) is 3.41. The van der Waals surface area contributed by atoms with Gasteiger partial charge in [-0.15, -0.1) is 0 Å². The molecule has 162 valence electrons. The summed E-state index contributed by atoms with van der Waals surface area (Å²) >= 11 is 0. The summed E-state index contributed by atoms with van der Waals surface area (Å²) in [6.07, 6.45) is 7.33. The van der Waals surface area contributed by atoms with Crippen molar-refractivity contribution in [1.29, 1.82) is 0 Å². The molecule has 0 bridgehead atoms. The molecule has 1 saturated heterocycles. The first-order chi connectivity index (χ1) is 14.7. The van der Waals surface area contributed by atoms with Crippen molar-refractivity contribution < 1.29 is 13.9 Å². The van der Waals surface area contributed by atoms with Gasteiger partial charge in [-0.25, -0.2) is 4.39 Å². The number of anilines is 1. The van der Waals surface area contributed by atoms with E-state index in [1.54, 1.807) is 7.11 Å². The molecule has 30 heavy (non-hydrogen) atoms. The van der Waals surface area contributed by atoms with Crippen molar-refractivity contribution in [1.82, 2.24) is 9.88 Å². The quantitative estimate of drug-likeness (QED) is 0.645. The van der Waals surface area contributed by atoms with Crippen molar-refractivity contribution in [3.63, 3.8) is 0 Å². The minimum absolute atomic E-state index is 0.211. The third-order valence-electron chi connectivity index (χ3n) is 6.80. The Morgan fingerprint density at radius 3 is 2.73 bits per heavy atom. The van der Waals surface area contributed by atoms with Gasteiger partial charge in [-0.2, -0.15) is 0 Å². The second kappa shape index (κ2) is 8.58. The summed E-state index contributed by atoms with van der Waals surface area (Å²) in [6, 6.07) is 4.28. The predicted molar refractivity (Wildman–Crippen MR) is 118 cm³/mol. The molecule has 1 N–H and O–H groups in total. The number of hydrogen-bond donors (Lipinski definition) is 1. The van der Waals surface area contributed by atoms with Crippen LogP contribution in [0.2, 0.25) is 0 Å². The van der Waals surface area contributed by atoms with E-state index in [4.69, 9.17) is 14.5 Å². The number of aromatic nitrogens is 1. The molecule has 0 spiro atoms. The summed E-state index contributed by atoms with van der Waals surface area (Å²) in [5, 5.41) is 4.68. The van der Waals surface area contributed by atoms with Crippen molar-refractivity contribution in [3.05, 3.63) is 23.4 Å². The Kier molecular flexibility index (Phi) is 5.68. The molecule has 2 aromatic rings. The Morgan fingerprint density at radius 2 is 1.97 bits per heavy atom. The van der Waals surface area contributed by atoms with E-state index in [-0.39, 0.29) is 6.04 Å². The Balaban J connectivity index is 1.38. The largest absolute Gasteiger partial charge is 0.493 e. The molecule has 6 heteroatoms. The van der Waals surface area contributed by atoms with Gasteiger partial charge < -0.3 is 19.7 Å². The van der Waals surface area contributed by atoms with Crippen molar-refractivity contribution in [2.24, 2.45) is 0 Å². The molecule has 5 nitrogen and oxygen atoms in total. The summed E-state index contributed by atoms with van der Waals surface area (Å²) < 4.78 is 25.2. The number of alkyl halides is 1. The van der Waals surface area contributed by atoms with E-state index in [0.29, 0.717) is 19.4 Å². The molecular formula is C24H32FN3O2. The van der Waals surface area contributed by atoms with Crippen LogP contribution in [0.1, 0.15) is 49.8 Å². The number of hydrogen-bond acceptors (Lipinski definition) is 5. The molecule has 3 aliphatic rings. The fraction of sp³-hybridized carbons (Fsp3) is 0.625. The molecule has 0 unspecified atom stereocenters. The highest BCUT2D eigenvalue weighted by molar-refractivity contribution is 5.96. The van der Waals surface area contributed by atoms with Gasteiger partial charge in [0.25, 0.3) is 0 Å². The monoisotopic (exact) mass is 413 g/mol. The summed E-state index contributed by atoms with van der Waals surface area (Å²) in [5.74, 6) is 1.50. The highest BCUT2D eigenvalue weighted by Gasteiger charge is 2.31. The number of nitrogens with zero attached hydrogens (tertiary/aromatic N) is 2. The minimum Gasteiger partial charge on any atom is -0.493 e. The van der Waals surface area contributed by atoms with Crippen molar-refractivity contribution in [2.75, 3.05) is 38.7 Å². The third-order valence-corrected chi connectivity index (χ3v) is 6.80. The van der Waals surface area contributed by atoms with Gasteiger partial charge in [0.2, 0.25) is 0 Å². The van der Waals surface area contributed by atoms with Gasteiger partial charge in [0.1, 0.15) is 6.17 Å². The topological polar surface area (TPSA) is 46.6 Å². The predicted octanol–water partition coefficient (Wildman–Crippen LogP) is 4.51. The van der Waals surface area contributed by atoms with Crippen LogP contribution in [0, 0.1) is 0 Å². The molecule has 0 amide bonds. The normalized spacial score (nSPS) is 23.4. The standard InChI is InChI=1S/C24H32FN3O2/c1-29-22-14-19-21(15-23(22)30-11-5-10-28-8-2-3-9-28)27-20-7-4-6-18(20)24(19)26-17-12-16(25)13-17/h14-17H,2-13H2,1H3,(H,26,27). The highest BCUT2D eigenvalue weighted by Crippen LogP contribution is 2.41. The fourth-order valence-electron chi connectivity index (χ4n) is 5.05. The molecule has 0 atom stereocenters. The maximum atomic E-state index is 13.4. The number of likely N-dealkylation sites (tertiary alicyclic amines) is 1. The van der Waals surface area contributed by atoms with Crippen LogP contribution in [0.5, 0.6) is 11.5 Å². The zero-order valence-corrected chi connectivity index (χ0v) is 17.9. The number of methoxy groups -OCH3 is 1. The van der Waals surface area contributed by atoms with Gasteiger partial charge in [-0.1, -0.05) is 0 Å².